The zero-order valence-corrected chi connectivity index (χ0v) is 15.4. The Morgan fingerprint density at radius 1 is 0.926 bits per heavy atom. The third-order valence-electron chi connectivity index (χ3n) is 4.42. The number of methoxy groups -OCH3 is 3. The molecule has 0 aromatic heterocycles. The molecule has 1 unspecified atom stereocenters. The second-order valence-electron chi connectivity index (χ2n) is 6.04. The van der Waals surface area contributed by atoms with Gasteiger partial charge in [-0.2, -0.15) is 0 Å². The van der Waals surface area contributed by atoms with E-state index in [0.717, 1.165) is 0 Å². The zero-order valence-electron chi connectivity index (χ0n) is 15.4. The van der Waals surface area contributed by atoms with Gasteiger partial charge >= 0.3 is 5.97 Å². The smallest absolute Gasteiger partial charge is 0.316 e. The standard InChI is InChI=1S/C20H21NO6/c1-24-15-5-7-16(8-6-15)27-20(23)13-10-19(22)21(12-13)14-4-9-17(25-2)18(11-14)26-3/h4-9,11,13H,10,12H2,1-3H3. The molecule has 1 aliphatic heterocycles. The molecule has 27 heavy (non-hydrogen) atoms. The highest BCUT2D eigenvalue weighted by Crippen LogP contribution is 2.34. The summed E-state index contributed by atoms with van der Waals surface area (Å²) in [6.45, 7) is 0.253. The molecule has 1 aliphatic rings. The summed E-state index contributed by atoms with van der Waals surface area (Å²) >= 11 is 0. The van der Waals surface area contributed by atoms with Crippen molar-refractivity contribution in [2.45, 2.75) is 6.42 Å². The molecule has 1 heterocycles. The molecule has 1 saturated heterocycles. The van der Waals surface area contributed by atoms with Gasteiger partial charge in [-0.25, -0.2) is 0 Å². The maximum absolute atomic E-state index is 12.4. The largest absolute Gasteiger partial charge is 0.497 e. The van der Waals surface area contributed by atoms with Crippen molar-refractivity contribution in [2.24, 2.45) is 5.92 Å². The molecule has 1 fully saturated rings. The van der Waals surface area contributed by atoms with Crippen molar-refractivity contribution < 1.29 is 28.5 Å². The molecule has 2 aromatic carbocycles. The van der Waals surface area contributed by atoms with Gasteiger partial charge in [0.2, 0.25) is 5.91 Å². The van der Waals surface area contributed by atoms with Crippen LogP contribution in [0.1, 0.15) is 6.42 Å². The Hall–Kier alpha value is -3.22. The minimum atomic E-state index is -0.535. The number of hydrogen-bond donors (Lipinski definition) is 0. The van der Waals surface area contributed by atoms with E-state index in [9.17, 15) is 9.59 Å². The average Bonchev–Trinajstić information content (AvgIpc) is 3.09. The normalized spacial score (nSPS) is 16.2. The highest BCUT2D eigenvalue weighted by atomic mass is 16.5. The molecule has 7 heteroatoms. The Morgan fingerprint density at radius 3 is 2.22 bits per heavy atom. The third kappa shape index (κ3) is 3.97. The molecule has 0 bridgehead atoms. The molecule has 0 N–H and O–H groups in total. The van der Waals surface area contributed by atoms with Crippen LogP contribution in [-0.4, -0.2) is 39.8 Å². The van der Waals surface area contributed by atoms with Gasteiger partial charge in [0.05, 0.1) is 27.2 Å². The summed E-state index contributed by atoms with van der Waals surface area (Å²) < 4.78 is 21.0. The molecular weight excluding hydrogens is 350 g/mol. The molecular formula is C20H21NO6. The monoisotopic (exact) mass is 371 g/mol. The number of carbonyl (C=O) groups is 2. The Bertz CT molecular complexity index is 833. The number of carbonyl (C=O) groups excluding carboxylic acids is 2. The first-order chi connectivity index (χ1) is 13.0. The quantitative estimate of drug-likeness (QED) is 0.574. The van der Waals surface area contributed by atoms with Crippen LogP contribution in [0.15, 0.2) is 42.5 Å². The number of anilines is 1. The van der Waals surface area contributed by atoms with Gasteiger partial charge in [0, 0.05) is 24.7 Å². The van der Waals surface area contributed by atoms with Crippen LogP contribution in [0.4, 0.5) is 5.69 Å². The van der Waals surface area contributed by atoms with E-state index in [1.165, 1.54) is 7.11 Å². The van der Waals surface area contributed by atoms with E-state index in [1.807, 2.05) is 0 Å². The number of ether oxygens (including phenoxy) is 4. The summed E-state index contributed by atoms with van der Waals surface area (Å²) in [6.07, 6.45) is 0.101. The minimum Gasteiger partial charge on any atom is -0.497 e. The summed E-state index contributed by atoms with van der Waals surface area (Å²) in [7, 11) is 4.64. The third-order valence-corrected chi connectivity index (χ3v) is 4.42. The number of amides is 1. The van der Waals surface area contributed by atoms with Crippen LogP contribution in [0.25, 0.3) is 0 Å². The van der Waals surface area contributed by atoms with Crippen LogP contribution in [0.3, 0.4) is 0 Å². The highest BCUT2D eigenvalue weighted by Gasteiger charge is 2.36. The molecule has 2 aromatic rings. The first kappa shape index (κ1) is 18.6. The average molecular weight is 371 g/mol. The van der Waals surface area contributed by atoms with Crippen LogP contribution in [0, 0.1) is 5.92 Å². The molecule has 1 atom stereocenters. The molecule has 1 amide bonds. The Balaban J connectivity index is 1.70. The summed E-state index contributed by atoms with van der Waals surface area (Å²) in [6, 6.07) is 11.9. The van der Waals surface area contributed by atoms with Gasteiger partial charge in [0.1, 0.15) is 11.5 Å². The predicted octanol–water partition coefficient (Wildman–Crippen LogP) is 2.67. The van der Waals surface area contributed by atoms with E-state index in [4.69, 9.17) is 18.9 Å². The lowest BCUT2D eigenvalue weighted by atomic mass is 10.1. The lowest BCUT2D eigenvalue weighted by molar-refractivity contribution is -0.139. The second kappa shape index (κ2) is 7.99. The number of benzene rings is 2. The molecule has 0 spiro atoms. The predicted molar refractivity (Wildman–Crippen MR) is 98.6 cm³/mol. The van der Waals surface area contributed by atoms with Crippen LogP contribution < -0.4 is 23.8 Å². The van der Waals surface area contributed by atoms with Gasteiger partial charge < -0.3 is 23.8 Å². The van der Waals surface area contributed by atoms with Crippen molar-refractivity contribution in [1.82, 2.24) is 0 Å². The number of esters is 1. The number of rotatable bonds is 6. The first-order valence-electron chi connectivity index (χ1n) is 8.44. The molecule has 142 valence electrons. The van der Waals surface area contributed by atoms with Crippen molar-refractivity contribution >= 4 is 17.6 Å². The van der Waals surface area contributed by atoms with Gasteiger partial charge in [0.15, 0.2) is 11.5 Å². The van der Waals surface area contributed by atoms with Crippen molar-refractivity contribution in [1.29, 1.82) is 0 Å². The van der Waals surface area contributed by atoms with Crippen LogP contribution in [0.2, 0.25) is 0 Å². The van der Waals surface area contributed by atoms with Crippen molar-refractivity contribution in [3.05, 3.63) is 42.5 Å². The molecule has 3 rings (SSSR count). The molecule has 0 aliphatic carbocycles. The maximum Gasteiger partial charge on any atom is 0.316 e. The minimum absolute atomic E-state index is 0.101. The fourth-order valence-corrected chi connectivity index (χ4v) is 2.95. The zero-order chi connectivity index (χ0) is 19.4. The Kier molecular flexibility index (Phi) is 5.49. The van der Waals surface area contributed by atoms with Crippen molar-refractivity contribution in [2.75, 3.05) is 32.8 Å². The van der Waals surface area contributed by atoms with Crippen LogP contribution >= 0.6 is 0 Å². The van der Waals surface area contributed by atoms with Gasteiger partial charge in [0.25, 0.3) is 0 Å². The van der Waals surface area contributed by atoms with Crippen molar-refractivity contribution in [3.63, 3.8) is 0 Å². The van der Waals surface area contributed by atoms with Gasteiger partial charge in [-0.15, -0.1) is 0 Å². The summed E-state index contributed by atoms with van der Waals surface area (Å²) in [4.78, 5) is 26.4. The van der Waals surface area contributed by atoms with Crippen molar-refractivity contribution in [3.8, 4) is 23.0 Å². The summed E-state index contributed by atoms with van der Waals surface area (Å²) in [5.41, 5.74) is 0.650. The van der Waals surface area contributed by atoms with Gasteiger partial charge in [-0.3, -0.25) is 9.59 Å². The lowest BCUT2D eigenvalue weighted by Crippen LogP contribution is -2.27. The maximum atomic E-state index is 12.4. The fraction of sp³-hybridized carbons (Fsp3) is 0.300. The number of nitrogens with zero attached hydrogens (tertiary/aromatic N) is 1. The van der Waals surface area contributed by atoms with E-state index in [2.05, 4.69) is 0 Å². The van der Waals surface area contributed by atoms with E-state index in [0.29, 0.717) is 28.7 Å². The SMILES string of the molecule is COc1ccc(OC(=O)C2CC(=O)N(c3ccc(OC)c(OC)c3)C2)cc1. The van der Waals surface area contributed by atoms with Gasteiger partial charge in [-0.1, -0.05) is 0 Å². The fourth-order valence-electron chi connectivity index (χ4n) is 2.95. The van der Waals surface area contributed by atoms with E-state index in [1.54, 1.807) is 61.6 Å². The van der Waals surface area contributed by atoms with Gasteiger partial charge in [-0.05, 0) is 36.4 Å². The Labute approximate surface area is 157 Å². The number of hydrogen-bond acceptors (Lipinski definition) is 6. The molecule has 0 radical (unpaired) electrons. The topological polar surface area (TPSA) is 74.3 Å². The van der Waals surface area contributed by atoms with Crippen LogP contribution in [0.5, 0.6) is 23.0 Å². The Morgan fingerprint density at radius 2 is 1.59 bits per heavy atom. The van der Waals surface area contributed by atoms with E-state index >= 15 is 0 Å². The molecule has 0 saturated carbocycles. The molecule has 7 nitrogen and oxygen atoms in total. The highest BCUT2D eigenvalue weighted by molar-refractivity contribution is 6.00. The summed E-state index contributed by atoms with van der Waals surface area (Å²) in [5.74, 6) is 1.07. The van der Waals surface area contributed by atoms with E-state index < -0.39 is 11.9 Å². The lowest BCUT2D eigenvalue weighted by Gasteiger charge is -2.18. The van der Waals surface area contributed by atoms with E-state index in [-0.39, 0.29) is 18.9 Å². The first-order valence-corrected chi connectivity index (χ1v) is 8.44. The summed E-state index contributed by atoms with van der Waals surface area (Å²) in [5, 5.41) is 0. The van der Waals surface area contributed by atoms with Crippen LogP contribution in [-0.2, 0) is 9.59 Å². The second-order valence-corrected chi connectivity index (χ2v) is 6.04.